The Kier molecular flexibility index (Phi) is 2.88. The summed E-state index contributed by atoms with van der Waals surface area (Å²) in [5.74, 6) is 0. The van der Waals surface area contributed by atoms with Gasteiger partial charge in [0.1, 0.15) is 11.2 Å². The van der Waals surface area contributed by atoms with Crippen LogP contribution in [0.2, 0.25) is 5.15 Å². The SMILES string of the molecule is Cc1cc(Cn2cc(C#N)cn2)cc(Cl)n1. The summed E-state index contributed by atoms with van der Waals surface area (Å²) in [7, 11) is 0. The fraction of sp³-hybridized carbons (Fsp3) is 0.182. The number of hydrogen-bond acceptors (Lipinski definition) is 3. The van der Waals surface area contributed by atoms with Crippen LogP contribution in [0.5, 0.6) is 0 Å². The molecule has 0 saturated carbocycles. The zero-order valence-corrected chi connectivity index (χ0v) is 9.44. The molecule has 0 aliphatic carbocycles. The van der Waals surface area contributed by atoms with E-state index in [0.717, 1.165) is 11.3 Å². The van der Waals surface area contributed by atoms with Crippen molar-refractivity contribution in [2.24, 2.45) is 0 Å². The number of hydrogen-bond donors (Lipinski definition) is 0. The minimum atomic E-state index is 0.475. The van der Waals surface area contributed by atoms with Gasteiger partial charge in [-0.3, -0.25) is 4.68 Å². The largest absolute Gasteiger partial charge is 0.267 e. The van der Waals surface area contributed by atoms with Crippen LogP contribution in [0, 0.1) is 18.3 Å². The molecule has 0 aromatic carbocycles. The number of aromatic nitrogens is 3. The van der Waals surface area contributed by atoms with Crippen molar-refractivity contribution < 1.29 is 0 Å². The second-order valence-corrected chi connectivity index (χ2v) is 3.87. The third-order valence-electron chi connectivity index (χ3n) is 2.09. The summed E-state index contributed by atoms with van der Waals surface area (Å²) in [6, 6.07) is 5.77. The average molecular weight is 233 g/mol. The zero-order valence-electron chi connectivity index (χ0n) is 8.68. The first-order valence-electron chi connectivity index (χ1n) is 4.73. The molecule has 2 heterocycles. The Morgan fingerprint density at radius 3 is 2.94 bits per heavy atom. The summed E-state index contributed by atoms with van der Waals surface area (Å²) in [4.78, 5) is 4.08. The molecule has 2 aromatic heterocycles. The molecule has 0 atom stereocenters. The van der Waals surface area contributed by atoms with Crippen molar-refractivity contribution in [1.29, 1.82) is 5.26 Å². The van der Waals surface area contributed by atoms with Crippen LogP contribution < -0.4 is 0 Å². The van der Waals surface area contributed by atoms with Crippen molar-refractivity contribution in [3.63, 3.8) is 0 Å². The predicted molar refractivity (Wildman–Crippen MR) is 60.0 cm³/mol. The van der Waals surface area contributed by atoms with Crippen molar-refractivity contribution in [2.45, 2.75) is 13.5 Å². The summed E-state index contributed by atoms with van der Waals surface area (Å²) in [6.07, 6.45) is 3.24. The third kappa shape index (κ3) is 2.38. The highest BCUT2D eigenvalue weighted by molar-refractivity contribution is 6.29. The number of nitrogens with zero attached hydrogens (tertiary/aromatic N) is 4. The minimum absolute atomic E-state index is 0.475. The Morgan fingerprint density at radius 2 is 2.31 bits per heavy atom. The smallest absolute Gasteiger partial charge is 0.129 e. The lowest BCUT2D eigenvalue weighted by molar-refractivity contribution is 0.685. The van der Waals surface area contributed by atoms with Crippen molar-refractivity contribution in [1.82, 2.24) is 14.8 Å². The topological polar surface area (TPSA) is 54.5 Å². The van der Waals surface area contributed by atoms with Crippen molar-refractivity contribution in [3.8, 4) is 6.07 Å². The van der Waals surface area contributed by atoms with Gasteiger partial charge < -0.3 is 0 Å². The monoisotopic (exact) mass is 232 g/mol. The number of aryl methyl sites for hydroxylation is 1. The molecule has 0 radical (unpaired) electrons. The van der Waals surface area contributed by atoms with Crippen molar-refractivity contribution in [2.75, 3.05) is 0 Å². The van der Waals surface area contributed by atoms with Gasteiger partial charge in [0, 0.05) is 11.9 Å². The molecular formula is C11H9ClN4. The molecule has 0 unspecified atom stereocenters. The van der Waals surface area contributed by atoms with Gasteiger partial charge in [-0.05, 0) is 24.6 Å². The van der Waals surface area contributed by atoms with Gasteiger partial charge in [-0.2, -0.15) is 10.4 Å². The van der Waals surface area contributed by atoms with Gasteiger partial charge in [0.15, 0.2) is 0 Å². The minimum Gasteiger partial charge on any atom is -0.267 e. The molecule has 0 aliphatic heterocycles. The van der Waals surface area contributed by atoms with Crippen LogP contribution in [0.25, 0.3) is 0 Å². The van der Waals surface area contributed by atoms with Gasteiger partial charge in [0.2, 0.25) is 0 Å². The normalized spacial score (nSPS) is 10.1. The molecule has 0 N–H and O–H groups in total. The summed E-state index contributed by atoms with van der Waals surface area (Å²) in [5, 5.41) is 13.2. The molecule has 2 aromatic rings. The van der Waals surface area contributed by atoms with Gasteiger partial charge >= 0.3 is 0 Å². The highest BCUT2D eigenvalue weighted by atomic mass is 35.5. The van der Waals surface area contributed by atoms with Gasteiger partial charge in [-0.15, -0.1) is 0 Å². The Bertz CT molecular complexity index is 533. The van der Waals surface area contributed by atoms with Gasteiger partial charge in [0.05, 0.1) is 18.3 Å². The summed E-state index contributed by atoms with van der Waals surface area (Å²) >= 11 is 5.86. The molecule has 80 valence electrons. The van der Waals surface area contributed by atoms with Crippen LogP contribution >= 0.6 is 11.6 Å². The molecule has 2 rings (SSSR count). The van der Waals surface area contributed by atoms with Crippen LogP contribution in [-0.2, 0) is 6.54 Å². The lowest BCUT2D eigenvalue weighted by atomic mass is 10.2. The fourth-order valence-corrected chi connectivity index (χ4v) is 1.76. The number of rotatable bonds is 2. The van der Waals surface area contributed by atoms with E-state index in [1.54, 1.807) is 16.9 Å². The average Bonchev–Trinajstić information content (AvgIpc) is 2.64. The molecule has 4 nitrogen and oxygen atoms in total. The molecule has 0 amide bonds. The van der Waals surface area contributed by atoms with E-state index in [2.05, 4.69) is 10.1 Å². The predicted octanol–water partition coefficient (Wildman–Crippen LogP) is 2.16. The van der Waals surface area contributed by atoms with E-state index in [0.29, 0.717) is 17.3 Å². The molecule has 0 fully saturated rings. The van der Waals surface area contributed by atoms with E-state index in [-0.39, 0.29) is 0 Å². The van der Waals surface area contributed by atoms with E-state index in [1.807, 2.05) is 19.1 Å². The second kappa shape index (κ2) is 4.33. The quantitative estimate of drug-likeness (QED) is 0.746. The summed E-state index contributed by atoms with van der Waals surface area (Å²) in [6.45, 7) is 2.48. The maximum atomic E-state index is 8.67. The van der Waals surface area contributed by atoms with Crippen LogP contribution in [0.1, 0.15) is 16.8 Å². The standard InChI is InChI=1S/C11H9ClN4/c1-8-2-9(3-11(12)15-8)6-16-7-10(4-13)5-14-16/h2-3,5,7H,6H2,1H3. The van der Waals surface area contributed by atoms with E-state index < -0.39 is 0 Å². The molecule has 5 heteroatoms. The van der Waals surface area contributed by atoms with E-state index in [4.69, 9.17) is 16.9 Å². The first kappa shape index (κ1) is 10.7. The second-order valence-electron chi connectivity index (χ2n) is 3.48. The maximum absolute atomic E-state index is 8.67. The van der Waals surface area contributed by atoms with Crippen LogP contribution in [0.15, 0.2) is 24.5 Å². The van der Waals surface area contributed by atoms with E-state index >= 15 is 0 Å². The Labute approximate surface area is 98.1 Å². The van der Waals surface area contributed by atoms with Crippen molar-refractivity contribution in [3.05, 3.63) is 46.5 Å². The lowest BCUT2D eigenvalue weighted by Gasteiger charge is -2.03. The summed E-state index contributed by atoms with van der Waals surface area (Å²) in [5.41, 5.74) is 2.44. The van der Waals surface area contributed by atoms with Crippen LogP contribution in [-0.4, -0.2) is 14.8 Å². The molecule has 0 spiro atoms. The van der Waals surface area contributed by atoms with Crippen molar-refractivity contribution >= 4 is 11.6 Å². The first-order valence-corrected chi connectivity index (χ1v) is 5.11. The number of halogens is 1. The molecule has 0 aliphatic rings. The van der Waals surface area contributed by atoms with Crippen LogP contribution in [0.4, 0.5) is 0 Å². The summed E-state index contributed by atoms with van der Waals surface area (Å²) < 4.78 is 1.70. The molecular weight excluding hydrogens is 224 g/mol. The Morgan fingerprint density at radius 1 is 1.50 bits per heavy atom. The Balaban J connectivity index is 2.23. The molecule has 0 bridgehead atoms. The maximum Gasteiger partial charge on any atom is 0.129 e. The number of nitriles is 1. The van der Waals surface area contributed by atoms with Crippen LogP contribution in [0.3, 0.4) is 0 Å². The third-order valence-corrected chi connectivity index (χ3v) is 2.28. The molecule has 16 heavy (non-hydrogen) atoms. The van der Waals surface area contributed by atoms with Gasteiger partial charge in [-0.1, -0.05) is 11.6 Å². The Hall–Kier alpha value is -1.86. The molecule has 0 saturated heterocycles. The number of pyridine rings is 1. The first-order chi connectivity index (χ1) is 7.67. The van der Waals surface area contributed by atoms with Gasteiger partial charge in [-0.25, -0.2) is 4.98 Å². The van der Waals surface area contributed by atoms with Gasteiger partial charge in [0.25, 0.3) is 0 Å². The zero-order chi connectivity index (χ0) is 11.5. The highest BCUT2D eigenvalue weighted by Crippen LogP contribution is 2.11. The fourth-order valence-electron chi connectivity index (χ4n) is 1.48. The lowest BCUT2D eigenvalue weighted by Crippen LogP contribution is -2.00. The van der Waals surface area contributed by atoms with E-state index in [9.17, 15) is 0 Å². The van der Waals surface area contributed by atoms with E-state index in [1.165, 1.54) is 6.20 Å². The highest BCUT2D eigenvalue weighted by Gasteiger charge is 2.01.